The smallest absolute Gasteiger partial charge is 0.231 e. The van der Waals surface area contributed by atoms with E-state index in [1.165, 1.54) is 0 Å². The van der Waals surface area contributed by atoms with Crippen LogP contribution in [-0.2, 0) is 0 Å². The molecule has 0 aliphatic carbocycles. The van der Waals surface area contributed by atoms with E-state index in [0.29, 0.717) is 32.6 Å². The Balaban J connectivity index is 1.65. The van der Waals surface area contributed by atoms with Gasteiger partial charge in [-0.3, -0.25) is 4.79 Å². The summed E-state index contributed by atoms with van der Waals surface area (Å²) in [6.45, 7) is 0.180. The summed E-state index contributed by atoms with van der Waals surface area (Å²) in [7, 11) is 3.86. The number of thiophene rings is 1. The zero-order chi connectivity index (χ0) is 20.5. The van der Waals surface area contributed by atoms with Gasteiger partial charge in [0, 0.05) is 37.1 Å². The number of ether oxygens (including phenoxy) is 2. The van der Waals surface area contributed by atoms with E-state index < -0.39 is 0 Å². The van der Waals surface area contributed by atoms with Gasteiger partial charge in [0.1, 0.15) is 21.5 Å². The van der Waals surface area contributed by atoms with E-state index in [9.17, 15) is 10.1 Å². The highest BCUT2D eigenvalue weighted by atomic mass is 32.1. The van der Waals surface area contributed by atoms with Gasteiger partial charge in [-0.1, -0.05) is 0 Å². The zero-order valence-electron chi connectivity index (χ0n) is 15.9. The predicted octanol–water partition coefficient (Wildman–Crippen LogP) is 3.97. The summed E-state index contributed by atoms with van der Waals surface area (Å²) in [5.74, 6) is 1.07. The molecule has 3 N–H and O–H groups in total. The molecule has 4 rings (SSSR count). The van der Waals surface area contributed by atoms with Crippen LogP contribution in [0.1, 0.15) is 20.8 Å². The minimum absolute atomic E-state index is 0.180. The van der Waals surface area contributed by atoms with Gasteiger partial charge in [-0.15, -0.1) is 11.3 Å². The van der Waals surface area contributed by atoms with Gasteiger partial charge in [-0.05, 0) is 36.4 Å². The zero-order valence-corrected chi connectivity index (χ0v) is 16.7. The number of hydrogen-bond acceptors (Lipinski definition) is 8. The van der Waals surface area contributed by atoms with Crippen molar-refractivity contribution in [3.63, 3.8) is 0 Å². The van der Waals surface area contributed by atoms with Crippen molar-refractivity contribution in [2.24, 2.45) is 0 Å². The average molecular weight is 406 g/mol. The quantitative estimate of drug-likeness (QED) is 0.618. The van der Waals surface area contributed by atoms with Crippen LogP contribution >= 0.6 is 11.3 Å². The standard InChI is InChI=1S/C21H18N4O3S/c1-25(2)14-6-3-12(4-7-14)19(26)20-18(23)15(10-22)21(29-20)24-13-5-8-16-17(9-13)28-11-27-16/h3-9,24H,11,23H2,1-2H3. The number of fused-ring (bicyclic) bond motifs is 1. The van der Waals surface area contributed by atoms with Gasteiger partial charge in [0.25, 0.3) is 0 Å². The number of nitrogen functional groups attached to an aromatic ring is 1. The van der Waals surface area contributed by atoms with E-state index in [1.807, 2.05) is 37.2 Å². The number of hydrogen-bond donors (Lipinski definition) is 2. The molecule has 0 saturated heterocycles. The summed E-state index contributed by atoms with van der Waals surface area (Å²) in [6, 6.07) is 14.7. The van der Waals surface area contributed by atoms with Crippen molar-refractivity contribution in [2.45, 2.75) is 0 Å². The van der Waals surface area contributed by atoms with Crippen molar-refractivity contribution in [1.82, 2.24) is 0 Å². The van der Waals surface area contributed by atoms with Crippen LogP contribution in [0.3, 0.4) is 0 Å². The number of benzene rings is 2. The van der Waals surface area contributed by atoms with Crippen LogP contribution < -0.4 is 25.4 Å². The molecule has 146 valence electrons. The molecule has 3 aromatic rings. The number of nitrogens with two attached hydrogens (primary N) is 1. The van der Waals surface area contributed by atoms with Gasteiger partial charge in [0.15, 0.2) is 11.5 Å². The Hall–Kier alpha value is -3.70. The molecule has 0 unspecified atom stereocenters. The van der Waals surface area contributed by atoms with E-state index in [1.54, 1.807) is 24.3 Å². The van der Waals surface area contributed by atoms with Gasteiger partial charge < -0.3 is 25.4 Å². The fraction of sp³-hybridized carbons (Fsp3) is 0.143. The van der Waals surface area contributed by atoms with Crippen molar-refractivity contribution in [3.05, 3.63) is 58.5 Å². The average Bonchev–Trinajstić information content (AvgIpc) is 3.31. The third-order valence-electron chi connectivity index (χ3n) is 4.54. The highest BCUT2D eigenvalue weighted by Crippen LogP contribution is 2.40. The minimum Gasteiger partial charge on any atom is -0.454 e. The molecule has 0 spiro atoms. The molecule has 2 heterocycles. The lowest BCUT2D eigenvalue weighted by Gasteiger charge is -2.12. The van der Waals surface area contributed by atoms with Crippen molar-refractivity contribution >= 4 is 39.2 Å². The Morgan fingerprint density at radius 3 is 2.59 bits per heavy atom. The first-order chi connectivity index (χ1) is 14.0. The summed E-state index contributed by atoms with van der Waals surface area (Å²) in [5, 5.41) is 13.2. The largest absolute Gasteiger partial charge is 0.454 e. The fourth-order valence-electron chi connectivity index (χ4n) is 2.96. The van der Waals surface area contributed by atoms with E-state index in [-0.39, 0.29) is 23.8 Å². The SMILES string of the molecule is CN(C)c1ccc(C(=O)c2sc(Nc3ccc4c(c3)OCO4)c(C#N)c2N)cc1. The summed E-state index contributed by atoms with van der Waals surface area (Å²) in [5.41, 5.74) is 8.80. The van der Waals surface area contributed by atoms with Gasteiger partial charge in [0.2, 0.25) is 12.6 Å². The summed E-state index contributed by atoms with van der Waals surface area (Å²) < 4.78 is 10.7. The Kier molecular flexibility index (Phi) is 4.74. The molecular formula is C21H18N4O3S. The Labute approximate surface area is 171 Å². The van der Waals surface area contributed by atoms with Crippen molar-refractivity contribution in [3.8, 4) is 17.6 Å². The molecular weight excluding hydrogens is 388 g/mol. The third-order valence-corrected chi connectivity index (χ3v) is 5.66. The summed E-state index contributed by atoms with van der Waals surface area (Å²) in [4.78, 5) is 15.3. The number of nitriles is 1. The Bertz CT molecular complexity index is 1130. The topological polar surface area (TPSA) is 101 Å². The normalized spacial score (nSPS) is 11.8. The fourth-order valence-corrected chi connectivity index (χ4v) is 4.01. The third kappa shape index (κ3) is 3.44. The van der Waals surface area contributed by atoms with E-state index >= 15 is 0 Å². The van der Waals surface area contributed by atoms with Crippen LogP contribution in [-0.4, -0.2) is 26.7 Å². The summed E-state index contributed by atoms with van der Waals surface area (Å²) in [6.07, 6.45) is 0. The molecule has 0 fully saturated rings. The first-order valence-electron chi connectivity index (χ1n) is 8.79. The maximum atomic E-state index is 13.0. The van der Waals surface area contributed by atoms with Gasteiger partial charge in [0.05, 0.1) is 5.69 Å². The van der Waals surface area contributed by atoms with Crippen LogP contribution in [0, 0.1) is 11.3 Å². The molecule has 0 saturated carbocycles. The van der Waals surface area contributed by atoms with Crippen LogP contribution in [0.15, 0.2) is 42.5 Å². The van der Waals surface area contributed by atoms with Crippen LogP contribution in [0.4, 0.5) is 22.1 Å². The molecule has 0 amide bonds. The van der Waals surface area contributed by atoms with Gasteiger partial charge in [-0.25, -0.2) is 0 Å². The van der Waals surface area contributed by atoms with Gasteiger partial charge >= 0.3 is 0 Å². The molecule has 2 aromatic carbocycles. The molecule has 7 nitrogen and oxygen atoms in total. The number of anilines is 4. The van der Waals surface area contributed by atoms with E-state index in [2.05, 4.69) is 11.4 Å². The molecule has 8 heteroatoms. The highest BCUT2D eigenvalue weighted by molar-refractivity contribution is 7.19. The number of carbonyl (C=O) groups is 1. The van der Waals surface area contributed by atoms with Crippen molar-refractivity contribution in [2.75, 3.05) is 36.8 Å². The van der Waals surface area contributed by atoms with Crippen molar-refractivity contribution < 1.29 is 14.3 Å². The number of nitrogens with zero attached hydrogens (tertiary/aromatic N) is 2. The van der Waals surface area contributed by atoms with Crippen LogP contribution in [0.5, 0.6) is 11.5 Å². The Morgan fingerprint density at radius 1 is 1.17 bits per heavy atom. The number of nitrogens with one attached hydrogen (secondary N) is 1. The molecule has 0 radical (unpaired) electrons. The molecule has 0 atom stereocenters. The lowest BCUT2D eigenvalue weighted by molar-refractivity contribution is 0.104. The molecule has 1 aliphatic heterocycles. The second-order valence-electron chi connectivity index (χ2n) is 6.62. The number of rotatable bonds is 5. The first kappa shape index (κ1) is 18.7. The monoisotopic (exact) mass is 406 g/mol. The number of ketones is 1. The van der Waals surface area contributed by atoms with Crippen LogP contribution in [0.2, 0.25) is 0 Å². The highest BCUT2D eigenvalue weighted by Gasteiger charge is 2.23. The minimum atomic E-state index is -0.215. The lowest BCUT2D eigenvalue weighted by atomic mass is 10.1. The molecule has 0 bridgehead atoms. The molecule has 29 heavy (non-hydrogen) atoms. The molecule has 1 aromatic heterocycles. The number of carbonyl (C=O) groups excluding carboxylic acids is 1. The van der Waals surface area contributed by atoms with Crippen LogP contribution in [0.25, 0.3) is 0 Å². The second kappa shape index (κ2) is 7.37. The maximum Gasteiger partial charge on any atom is 0.231 e. The predicted molar refractivity (Wildman–Crippen MR) is 113 cm³/mol. The van der Waals surface area contributed by atoms with Crippen molar-refractivity contribution in [1.29, 1.82) is 5.26 Å². The van der Waals surface area contributed by atoms with E-state index in [4.69, 9.17) is 15.2 Å². The second-order valence-corrected chi connectivity index (χ2v) is 7.64. The molecule has 1 aliphatic rings. The Morgan fingerprint density at radius 2 is 1.90 bits per heavy atom. The summed E-state index contributed by atoms with van der Waals surface area (Å²) >= 11 is 1.16. The first-order valence-corrected chi connectivity index (χ1v) is 9.60. The lowest BCUT2D eigenvalue weighted by Crippen LogP contribution is -2.09. The maximum absolute atomic E-state index is 13.0. The van der Waals surface area contributed by atoms with Gasteiger partial charge in [-0.2, -0.15) is 5.26 Å². The van der Waals surface area contributed by atoms with E-state index in [0.717, 1.165) is 17.0 Å².